The first-order chi connectivity index (χ1) is 20.9. The lowest BCUT2D eigenvalue weighted by atomic mass is 9.72. The molecule has 232 valence electrons. The maximum atomic E-state index is 14.0. The molecule has 2 bridgehead atoms. The van der Waals surface area contributed by atoms with Crippen molar-refractivity contribution in [3.05, 3.63) is 62.2 Å². The Bertz CT molecular complexity index is 1730. The number of nitrogens with zero attached hydrogens (tertiary/aromatic N) is 3. The largest absolute Gasteiger partial charge is 0.507 e. The first-order valence-electron chi connectivity index (χ1n) is 14.6. The van der Waals surface area contributed by atoms with Gasteiger partial charge in [-0.2, -0.15) is 0 Å². The molecule has 1 saturated heterocycles. The van der Waals surface area contributed by atoms with Crippen molar-refractivity contribution in [3.63, 3.8) is 0 Å². The van der Waals surface area contributed by atoms with Crippen LogP contribution in [0.25, 0.3) is 0 Å². The second kappa shape index (κ2) is 10.8. The molecule has 1 aliphatic carbocycles. The van der Waals surface area contributed by atoms with E-state index in [1.54, 1.807) is 35.4 Å². The molecule has 4 heterocycles. The summed E-state index contributed by atoms with van der Waals surface area (Å²) in [5.74, 6) is -2.00. The molecule has 0 saturated carbocycles. The van der Waals surface area contributed by atoms with E-state index in [4.69, 9.17) is 25.8 Å². The minimum Gasteiger partial charge on any atom is -0.507 e. The number of ether oxygens (including phenoxy) is 3. The predicted molar refractivity (Wildman–Crippen MR) is 161 cm³/mol. The van der Waals surface area contributed by atoms with E-state index in [0.717, 1.165) is 12.1 Å². The number of aliphatic imine (C=N–C) groups is 1. The summed E-state index contributed by atoms with van der Waals surface area (Å²) in [6.45, 7) is 6.33. The Morgan fingerprint density at radius 2 is 1.89 bits per heavy atom. The highest BCUT2D eigenvalue weighted by Crippen LogP contribution is 2.54. The van der Waals surface area contributed by atoms with Gasteiger partial charge >= 0.3 is 0 Å². The Kier molecular flexibility index (Phi) is 7.34. The first kappa shape index (κ1) is 29.9. The van der Waals surface area contributed by atoms with Crippen LogP contribution in [-0.4, -0.2) is 76.7 Å². The number of hydrogen-bond donors (Lipinski definition) is 1. The lowest BCUT2D eigenvalue weighted by molar-refractivity contribution is -0.134. The maximum Gasteiger partial charge on any atom is 0.250 e. The van der Waals surface area contributed by atoms with E-state index < -0.39 is 34.9 Å². The molecule has 1 aromatic carbocycles. The lowest BCUT2D eigenvalue weighted by Gasteiger charge is -2.43. The number of benzene rings is 1. The van der Waals surface area contributed by atoms with E-state index in [0.29, 0.717) is 19.6 Å². The lowest BCUT2D eigenvalue weighted by Crippen LogP contribution is -2.53. The van der Waals surface area contributed by atoms with Crippen molar-refractivity contribution in [1.29, 1.82) is 0 Å². The zero-order chi connectivity index (χ0) is 31.7. The number of amides is 1. The number of carbonyl (C=O) groups excluding carboxylic acids is 3. The third-order valence-corrected chi connectivity index (χ3v) is 9.73. The molecule has 1 spiro atoms. The smallest absolute Gasteiger partial charge is 0.250 e. The molecule has 3 aliphatic heterocycles. The van der Waals surface area contributed by atoms with Gasteiger partial charge in [0.1, 0.15) is 28.1 Å². The van der Waals surface area contributed by atoms with Crippen LogP contribution in [0.15, 0.2) is 45.4 Å². The number of methoxy groups -OCH3 is 2. The van der Waals surface area contributed by atoms with Crippen LogP contribution in [0.2, 0.25) is 5.02 Å². The number of aliphatic hydroxyl groups excluding tert-OH is 1. The Hall–Kier alpha value is -4.12. The van der Waals surface area contributed by atoms with Crippen LogP contribution in [0, 0.1) is 11.8 Å². The first-order valence-corrected chi connectivity index (χ1v) is 15.0. The molecule has 0 radical (unpaired) electrons. The molecule has 1 amide bonds. The minimum absolute atomic E-state index is 0.00223. The predicted octanol–water partition coefficient (Wildman–Crippen LogP) is 3.75. The summed E-state index contributed by atoms with van der Waals surface area (Å²) >= 11 is 6.52. The summed E-state index contributed by atoms with van der Waals surface area (Å²) in [7, 11) is 2.80. The van der Waals surface area contributed by atoms with Gasteiger partial charge in [-0.25, -0.2) is 0 Å². The average molecular weight is 624 g/mol. The third-order valence-electron chi connectivity index (χ3n) is 9.37. The molecule has 5 atom stereocenters. The standard InChI is InChI=1S/C32H34ClN3O8/c1-15-9-21(37)25(29(39)32(15)30(40)26-22(42-4)11-23(43-5)27(33)28(26)44-32)16(2)34-17(3)31(41)35-12-18-10-19(14-35)20-7-6-8-24(38)36(20)13-18/h6-8,11,15,17-19,39H,9-10,12-14H2,1-5H3/t15-,17+,18-,19+,32+/m1/s1. The topological polar surface area (TPSA) is 137 Å². The zero-order valence-electron chi connectivity index (χ0n) is 25.2. The fourth-order valence-electron chi connectivity index (χ4n) is 7.28. The van der Waals surface area contributed by atoms with Gasteiger partial charge in [-0.1, -0.05) is 24.6 Å². The van der Waals surface area contributed by atoms with Crippen LogP contribution in [-0.2, 0) is 16.1 Å². The second-order valence-electron chi connectivity index (χ2n) is 12.0. The summed E-state index contributed by atoms with van der Waals surface area (Å²) in [5, 5.41) is 11.7. The van der Waals surface area contributed by atoms with Gasteiger partial charge in [0.2, 0.25) is 17.3 Å². The number of hydrogen-bond acceptors (Lipinski definition) is 9. The van der Waals surface area contributed by atoms with E-state index in [9.17, 15) is 24.3 Å². The maximum absolute atomic E-state index is 14.0. The Labute approximate surface area is 259 Å². The SMILES string of the molecule is COc1cc(OC)c2c(c1Cl)O[C@]1(C2=O)C(O)=C(C(C)=N[C@@H](C)C(=O)N2C[C@H]3C[C@@H](C2)c2cccc(=O)n2C3)C(=O)C[C@H]1C. The number of likely N-dealkylation sites (tertiary alicyclic amines) is 1. The molecule has 12 heteroatoms. The highest BCUT2D eigenvalue weighted by Gasteiger charge is 2.61. The molecule has 1 N–H and O–H groups in total. The van der Waals surface area contributed by atoms with Crippen molar-refractivity contribution in [1.82, 2.24) is 9.47 Å². The van der Waals surface area contributed by atoms with Gasteiger partial charge < -0.3 is 28.8 Å². The van der Waals surface area contributed by atoms with Crippen molar-refractivity contribution in [2.24, 2.45) is 16.8 Å². The molecular formula is C32H34ClN3O8. The zero-order valence-corrected chi connectivity index (χ0v) is 25.9. The fraction of sp³-hybridized carbons (Fsp3) is 0.469. The van der Waals surface area contributed by atoms with Gasteiger partial charge in [0.05, 0.1) is 19.8 Å². The molecule has 44 heavy (non-hydrogen) atoms. The average Bonchev–Trinajstić information content (AvgIpc) is 3.31. The summed E-state index contributed by atoms with van der Waals surface area (Å²) in [6.07, 6.45) is 0.788. The second-order valence-corrected chi connectivity index (χ2v) is 12.4. The number of fused-ring (bicyclic) bond motifs is 5. The number of ketones is 2. The van der Waals surface area contributed by atoms with Crippen LogP contribution in [0.5, 0.6) is 17.2 Å². The highest BCUT2D eigenvalue weighted by molar-refractivity contribution is 6.35. The van der Waals surface area contributed by atoms with Gasteiger partial charge in [0.25, 0.3) is 5.56 Å². The van der Waals surface area contributed by atoms with Crippen molar-refractivity contribution in [2.45, 2.75) is 57.7 Å². The normalized spacial score (nSPS) is 26.7. The fourth-order valence-corrected chi connectivity index (χ4v) is 7.55. The van der Waals surface area contributed by atoms with Crippen LogP contribution in [0.4, 0.5) is 0 Å². The molecule has 11 nitrogen and oxygen atoms in total. The number of pyridine rings is 1. The number of halogens is 1. The van der Waals surface area contributed by atoms with E-state index >= 15 is 0 Å². The number of Topliss-reactive ketones (excluding diaryl/α,β-unsaturated/α-hetero) is 2. The molecular weight excluding hydrogens is 590 g/mol. The number of aromatic nitrogens is 1. The third kappa shape index (κ3) is 4.35. The van der Waals surface area contributed by atoms with Crippen molar-refractivity contribution in [2.75, 3.05) is 27.3 Å². The van der Waals surface area contributed by atoms with Crippen LogP contribution < -0.4 is 19.8 Å². The number of carbonyl (C=O) groups is 3. The van der Waals surface area contributed by atoms with E-state index in [-0.39, 0.29) is 68.8 Å². The van der Waals surface area contributed by atoms with Crippen LogP contribution in [0.3, 0.4) is 0 Å². The van der Waals surface area contributed by atoms with Crippen LogP contribution in [0.1, 0.15) is 55.6 Å². The number of rotatable bonds is 5. The van der Waals surface area contributed by atoms with E-state index in [1.807, 2.05) is 6.07 Å². The number of aliphatic hydroxyl groups is 1. The Morgan fingerprint density at radius 1 is 1.16 bits per heavy atom. The van der Waals surface area contributed by atoms with Crippen LogP contribution >= 0.6 is 11.6 Å². The monoisotopic (exact) mass is 623 g/mol. The molecule has 1 aromatic heterocycles. The summed E-state index contributed by atoms with van der Waals surface area (Å²) in [6, 6.07) is 5.84. The summed E-state index contributed by atoms with van der Waals surface area (Å²) in [5.41, 5.74) is -1.03. The van der Waals surface area contributed by atoms with Crippen molar-refractivity contribution in [3.8, 4) is 17.2 Å². The molecule has 2 aromatic rings. The minimum atomic E-state index is -1.94. The van der Waals surface area contributed by atoms with Gasteiger partial charge in [-0.3, -0.25) is 24.2 Å². The highest BCUT2D eigenvalue weighted by atomic mass is 35.5. The number of allylic oxidation sites excluding steroid dienone is 1. The molecule has 1 fully saturated rings. The molecule has 6 rings (SSSR count). The van der Waals surface area contributed by atoms with E-state index in [2.05, 4.69) is 4.99 Å². The number of piperidine rings is 1. The van der Waals surface area contributed by atoms with Crippen molar-refractivity contribution >= 4 is 34.8 Å². The Balaban J connectivity index is 1.31. The molecule has 4 aliphatic rings. The van der Waals surface area contributed by atoms with E-state index in [1.165, 1.54) is 27.2 Å². The summed E-state index contributed by atoms with van der Waals surface area (Å²) in [4.78, 5) is 59.7. The van der Waals surface area contributed by atoms with Gasteiger partial charge in [0, 0.05) is 61.4 Å². The van der Waals surface area contributed by atoms with Gasteiger partial charge in [-0.05, 0) is 32.3 Å². The summed E-state index contributed by atoms with van der Waals surface area (Å²) < 4.78 is 18.7. The Morgan fingerprint density at radius 3 is 2.59 bits per heavy atom. The van der Waals surface area contributed by atoms with Gasteiger partial charge in [0.15, 0.2) is 17.3 Å². The van der Waals surface area contributed by atoms with Gasteiger partial charge in [-0.15, -0.1) is 0 Å². The molecule has 0 unspecified atom stereocenters. The quantitative estimate of drug-likeness (QED) is 0.498. The van der Waals surface area contributed by atoms with Crippen molar-refractivity contribution < 1.29 is 33.7 Å².